The number of aromatic amines is 1. The molecular formula is C20H16F2N6O. The average molecular weight is 394 g/mol. The number of aromatic nitrogens is 2. The minimum atomic E-state index is -0.716. The second kappa shape index (κ2) is 6.40. The van der Waals surface area contributed by atoms with Crippen LogP contribution in [0.25, 0.3) is 11.3 Å². The molecule has 29 heavy (non-hydrogen) atoms. The number of urea groups is 1. The fraction of sp³-hybridized carbons (Fsp3) is 0.150. The van der Waals surface area contributed by atoms with Gasteiger partial charge in [-0.25, -0.2) is 18.6 Å². The standard InChI is InChI=1S/C20H16F2N6O/c1-27-7-8-28(20(27)29)11-5-6-15-12(9-11)18-16(10-23-26-18)25-19(24-15)17-13(21)3-2-4-14(17)22/h2-6,9-10H,7-8H2,1H3,(H,23,26)(H,24,25). The summed E-state index contributed by atoms with van der Waals surface area (Å²) in [6.45, 7) is 1.22. The lowest BCUT2D eigenvalue weighted by atomic mass is 10.1. The summed E-state index contributed by atoms with van der Waals surface area (Å²) in [7, 11) is 1.75. The van der Waals surface area contributed by atoms with Crippen molar-refractivity contribution in [3.05, 3.63) is 59.8 Å². The fourth-order valence-corrected chi connectivity index (χ4v) is 3.58. The van der Waals surface area contributed by atoms with Gasteiger partial charge in [-0.3, -0.25) is 10.00 Å². The lowest BCUT2D eigenvalue weighted by Crippen LogP contribution is -2.29. The Morgan fingerprint density at radius 2 is 1.90 bits per heavy atom. The summed E-state index contributed by atoms with van der Waals surface area (Å²) in [5.41, 5.74) is 2.81. The smallest absolute Gasteiger partial charge is 0.324 e. The first kappa shape index (κ1) is 17.4. The number of likely N-dealkylation sites (N-methyl/N-ethyl adjacent to an activating group) is 1. The Bertz CT molecular complexity index is 1150. The molecule has 3 heterocycles. The zero-order chi connectivity index (χ0) is 20.1. The third kappa shape index (κ3) is 2.74. The maximum atomic E-state index is 14.4. The van der Waals surface area contributed by atoms with Crippen molar-refractivity contribution in [1.82, 2.24) is 15.1 Å². The Morgan fingerprint density at radius 3 is 2.62 bits per heavy atom. The molecule has 0 spiro atoms. The van der Waals surface area contributed by atoms with E-state index in [0.29, 0.717) is 35.7 Å². The number of nitrogens with zero attached hydrogens (tertiary/aromatic N) is 4. The van der Waals surface area contributed by atoms with Crippen molar-refractivity contribution >= 4 is 28.9 Å². The van der Waals surface area contributed by atoms with Gasteiger partial charge >= 0.3 is 6.03 Å². The van der Waals surface area contributed by atoms with Crippen LogP contribution < -0.4 is 10.2 Å². The summed E-state index contributed by atoms with van der Waals surface area (Å²) in [6, 6.07) is 8.92. The summed E-state index contributed by atoms with van der Waals surface area (Å²) >= 11 is 0. The van der Waals surface area contributed by atoms with E-state index in [9.17, 15) is 13.6 Å². The van der Waals surface area contributed by atoms with E-state index in [4.69, 9.17) is 0 Å². The van der Waals surface area contributed by atoms with Gasteiger partial charge in [0.25, 0.3) is 0 Å². The van der Waals surface area contributed by atoms with Crippen molar-refractivity contribution in [1.29, 1.82) is 0 Å². The molecule has 0 atom stereocenters. The van der Waals surface area contributed by atoms with Gasteiger partial charge in [-0.15, -0.1) is 0 Å². The number of halogens is 2. The van der Waals surface area contributed by atoms with Crippen LogP contribution >= 0.6 is 0 Å². The molecule has 0 radical (unpaired) electrons. The lowest BCUT2D eigenvalue weighted by molar-refractivity contribution is 0.229. The number of anilines is 2. The molecule has 2 aliphatic rings. The van der Waals surface area contributed by atoms with Crippen molar-refractivity contribution in [2.24, 2.45) is 4.99 Å². The number of aliphatic imine (C=N–C) groups is 1. The highest BCUT2D eigenvalue weighted by Crippen LogP contribution is 2.40. The molecule has 0 bridgehead atoms. The molecule has 7 nitrogen and oxygen atoms in total. The zero-order valence-corrected chi connectivity index (χ0v) is 15.4. The summed E-state index contributed by atoms with van der Waals surface area (Å²) in [5, 5.41) is 9.94. The van der Waals surface area contributed by atoms with E-state index in [1.807, 2.05) is 6.07 Å². The van der Waals surface area contributed by atoms with Crippen LogP contribution in [0.5, 0.6) is 0 Å². The third-order valence-corrected chi connectivity index (χ3v) is 5.10. The van der Waals surface area contributed by atoms with Crippen LogP contribution in [0.1, 0.15) is 5.56 Å². The summed E-state index contributed by atoms with van der Waals surface area (Å²) in [4.78, 5) is 20.2. The monoisotopic (exact) mass is 394 g/mol. The van der Waals surface area contributed by atoms with Gasteiger partial charge in [-0.1, -0.05) is 6.07 Å². The van der Waals surface area contributed by atoms with E-state index in [0.717, 1.165) is 5.69 Å². The first-order valence-corrected chi connectivity index (χ1v) is 9.03. The second-order valence-corrected chi connectivity index (χ2v) is 6.90. The Kier molecular flexibility index (Phi) is 3.83. The fourth-order valence-electron chi connectivity index (χ4n) is 3.58. The number of carbonyl (C=O) groups excluding carboxylic acids is 1. The molecule has 0 unspecified atom stereocenters. The normalized spacial score (nSPS) is 15.6. The first-order valence-electron chi connectivity index (χ1n) is 9.03. The second-order valence-electron chi connectivity index (χ2n) is 6.90. The van der Waals surface area contributed by atoms with Gasteiger partial charge < -0.3 is 10.2 Å². The minimum absolute atomic E-state index is 0.0479. The van der Waals surface area contributed by atoms with Gasteiger partial charge in [0.2, 0.25) is 0 Å². The number of rotatable bonds is 2. The van der Waals surface area contributed by atoms with E-state index in [2.05, 4.69) is 20.5 Å². The molecule has 1 fully saturated rings. The van der Waals surface area contributed by atoms with Crippen molar-refractivity contribution in [3.8, 4) is 11.3 Å². The van der Waals surface area contributed by atoms with Crippen molar-refractivity contribution < 1.29 is 13.6 Å². The molecule has 2 aromatic carbocycles. The van der Waals surface area contributed by atoms with Crippen LogP contribution in [-0.2, 0) is 0 Å². The average Bonchev–Trinajstić information content (AvgIpc) is 3.25. The van der Waals surface area contributed by atoms with Crippen LogP contribution in [0.4, 0.5) is 30.6 Å². The topological polar surface area (TPSA) is 76.6 Å². The van der Waals surface area contributed by atoms with Crippen LogP contribution in [0.2, 0.25) is 0 Å². The molecule has 146 valence electrons. The quantitative estimate of drug-likeness (QED) is 0.695. The molecule has 1 saturated heterocycles. The van der Waals surface area contributed by atoms with E-state index in [-0.39, 0.29) is 17.4 Å². The number of fused-ring (bicyclic) bond motifs is 3. The predicted molar refractivity (Wildman–Crippen MR) is 106 cm³/mol. The van der Waals surface area contributed by atoms with Gasteiger partial charge in [0.1, 0.15) is 17.5 Å². The molecule has 0 aliphatic carbocycles. The maximum Gasteiger partial charge on any atom is 0.324 e. The Balaban J connectivity index is 1.67. The van der Waals surface area contributed by atoms with Crippen LogP contribution in [0.3, 0.4) is 0 Å². The zero-order valence-electron chi connectivity index (χ0n) is 15.4. The van der Waals surface area contributed by atoms with Gasteiger partial charge in [-0.05, 0) is 30.3 Å². The van der Waals surface area contributed by atoms with Crippen LogP contribution in [0.15, 0.2) is 47.6 Å². The highest BCUT2D eigenvalue weighted by atomic mass is 19.1. The highest BCUT2D eigenvalue weighted by Gasteiger charge is 2.28. The minimum Gasteiger partial charge on any atom is -0.336 e. The van der Waals surface area contributed by atoms with Gasteiger partial charge in [0.15, 0.2) is 0 Å². The Hall–Kier alpha value is -3.75. The predicted octanol–water partition coefficient (Wildman–Crippen LogP) is 3.73. The number of carbonyl (C=O) groups is 1. The number of H-pyrrole nitrogens is 1. The maximum absolute atomic E-state index is 14.4. The number of hydrogen-bond acceptors (Lipinski definition) is 4. The molecule has 2 aliphatic heterocycles. The molecule has 9 heteroatoms. The molecule has 2 N–H and O–H groups in total. The van der Waals surface area contributed by atoms with Crippen molar-refractivity contribution in [3.63, 3.8) is 0 Å². The number of benzene rings is 2. The molecule has 0 saturated carbocycles. The number of nitrogens with one attached hydrogen (secondary N) is 2. The van der Waals surface area contributed by atoms with Gasteiger partial charge in [0.05, 0.1) is 28.8 Å². The Morgan fingerprint density at radius 1 is 1.10 bits per heavy atom. The van der Waals surface area contributed by atoms with E-state index >= 15 is 0 Å². The molecule has 2 amide bonds. The third-order valence-electron chi connectivity index (χ3n) is 5.10. The lowest BCUT2D eigenvalue weighted by Gasteiger charge is -2.17. The number of amidine groups is 1. The summed E-state index contributed by atoms with van der Waals surface area (Å²) in [6.07, 6.45) is 1.53. The Labute approximate surface area is 164 Å². The van der Waals surface area contributed by atoms with Crippen molar-refractivity contribution in [2.75, 3.05) is 30.4 Å². The molecule has 3 aromatic rings. The van der Waals surface area contributed by atoms with E-state index in [1.165, 1.54) is 24.4 Å². The molecule has 1 aromatic heterocycles. The van der Waals surface area contributed by atoms with Crippen LogP contribution in [0, 0.1) is 11.6 Å². The SMILES string of the molecule is CN1CCN(c2ccc3c(c2)-c2[nH]ncc2NC(c2c(F)cccc2F)=N3)C1=O. The van der Waals surface area contributed by atoms with Crippen molar-refractivity contribution in [2.45, 2.75) is 0 Å². The molecule has 5 rings (SSSR count). The summed E-state index contributed by atoms with van der Waals surface area (Å²) in [5.74, 6) is -1.38. The highest BCUT2D eigenvalue weighted by molar-refractivity contribution is 6.13. The van der Waals surface area contributed by atoms with E-state index < -0.39 is 11.6 Å². The van der Waals surface area contributed by atoms with Gasteiger partial charge in [0, 0.05) is 31.4 Å². The number of hydrogen-bond donors (Lipinski definition) is 2. The van der Waals surface area contributed by atoms with Crippen LogP contribution in [-0.4, -0.2) is 47.1 Å². The van der Waals surface area contributed by atoms with E-state index in [1.54, 1.807) is 29.0 Å². The summed E-state index contributed by atoms with van der Waals surface area (Å²) < 4.78 is 28.7. The molecular weight excluding hydrogens is 378 g/mol. The largest absolute Gasteiger partial charge is 0.336 e. The number of amides is 2. The first-order chi connectivity index (χ1) is 14.0. The van der Waals surface area contributed by atoms with Gasteiger partial charge in [-0.2, -0.15) is 5.10 Å².